The van der Waals surface area contributed by atoms with Gasteiger partial charge in [0.1, 0.15) is 5.82 Å². The third-order valence-corrected chi connectivity index (χ3v) is 6.28. The third-order valence-electron chi connectivity index (χ3n) is 6.28. The molecule has 2 heterocycles. The zero-order chi connectivity index (χ0) is 25.9. The first-order chi connectivity index (χ1) is 17.9. The van der Waals surface area contributed by atoms with Crippen LogP contribution in [-0.2, 0) is 6.54 Å². The van der Waals surface area contributed by atoms with Crippen molar-refractivity contribution in [2.75, 3.05) is 25.0 Å². The second-order valence-corrected chi connectivity index (χ2v) is 9.05. The summed E-state index contributed by atoms with van der Waals surface area (Å²) in [4.78, 5) is 32.7. The topological polar surface area (TPSA) is 84.5 Å². The molecule has 0 bridgehead atoms. The van der Waals surface area contributed by atoms with Crippen molar-refractivity contribution in [2.24, 2.45) is 0 Å². The molecule has 9 heteroatoms. The van der Waals surface area contributed by atoms with Crippen LogP contribution in [-0.4, -0.2) is 45.2 Å². The number of aromatic nitrogens is 4. The Morgan fingerprint density at radius 1 is 1.03 bits per heavy atom. The smallest absolute Gasteiger partial charge is 0.296 e. The number of nitrogens with zero attached hydrogens (tertiary/aromatic N) is 5. The van der Waals surface area contributed by atoms with Crippen LogP contribution < -0.4 is 15.8 Å². The summed E-state index contributed by atoms with van der Waals surface area (Å²) >= 11 is 0. The number of carbonyl (C=O) groups is 1. The van der Waals surface area contributed by atoms with Crippen LogP contribution >= 0.6 is 0 Å². The number of hydrogen-bond donors (Lipinski definition) is 1. The molecule has 0 radical (unpaired) electrons. The van der Waals surface area contributed by atoms with Crippen molar-refractivity contribution in [1.82, 2.24) is 24.5 Å². The Morgan fingerprint density at radius 2 is 1.84 bits per heavy atom. The van der Waals surface area contributed by atoms with Crippen molar-refractivity contribution in [3.05, 3.63) is 106 Å². The number of nitrogens with one attached hydrogen (secondary N) is 1. The van der Waals surface area contributed by atoms with Crippen molar-refractivity contribution in [1.29, 1.82) is 0 Å². The summed E-state index contributed by atoms with van der Waals surface area (Å²) in [5.74, 6) is -0.884. The fraction of sp³-hybridized carbons (Fsp3) is 0.214. The maximum absolute atomic E-state index is 13.8. The van der Waals surface area contributed by atoms with Gasteiger partial charge in [-0.1, -0.05) is 36.4 Å². The molecular formula is C28H27FN6O2. The molecule has 0 aliphatic heterocycles. The molecule has 0 atom stereocenters. The van der Waals surface area contributed by atoms with Gasteiger partial charge in [0.2, 0.25) is 11.5 Å². The summed E-state index contributed by atoms with van der Waals surface area (Å²) in [6.07, 6.45) is 0.729. The van der Waals surface area contributed by atoms with E-state index < -0.39 is 11.5 Å². The van der Waals surface area contributed by atoms with Crippen LogP contribution in [0, 0.1) is 12.7 Å². The van der Waals surface area contributed by atoms with E-state index in [9.17, 15) is 14.0 Å². The van der Waals surface area contributed by atoms with Gasteiger partial charge in [-0.15, -0.1) is 5.10 Å². The van der Waals surface area contributed by atoms with Crippen molar-refractivity contribution in [3.63, 3.8) is 0 Å². The lowest BCUT2D eigenvalue weighted by Gasteiger charge is -2.18. The molecule has 0 saturated carbocycles. The lowest BCUT2D eigenvalue weighted by atomic mass is 10.2. The van der Waals surface area contributed by atoms with Gasteiger partial charge in [0.15, 0.2) is 0 Å². The van der Waals surface area contributed by atoms with Gasteiger partial charge in [-0.05, 0) is 60.9 Å². The second kappa shape index (κ2) is 10.2. The van der Waals surface area contributed by atoms with E-state index in [-0.39, 0.29) is 23.8 Å². The van der Waals surface area contributed by atoms with Crippen molar-refractivity contribution in [2.45, 2.75) is 19.9 Å². The predicted molar refractivity (Wildman–Crippen MR) is 142 cm³/mol. The monoisotopic (exact) mass is 498 g/mol. The number of anilines is 1. The Bertz CT molecular complexity index is 1640. The van der Waals surface area contributed by atoms with Gasteiger partial charge in [-0.2, -0.15) is 4.98 Å². The minimum absolute atomic E-state index is 0.0433. The average molecular weight is 499 g/mol. The molecule has 3 aromatic carbocycles. The number of hydrogen-bond acceptors (Lipinski definition) is 5. The molecule has 1 amide bonds. The SMILES string of the molecule is Cc1ccc2c(c1)n(Cc1cccc(F)c1)c(=O)c1nc(C(=O)NCCCN(C)c3ccccc3)nn12. The van der Waals surface area contributed by atoms with E-state index in [1.54, 1.807) is 16.7 Å². The fourth-order valence-corrected chi connectivity index (χ4v) is 4.36. The normalized spacial score (nSPS) is 11.2. The molecule has 0 spiro atoms. The van der Waals surface area contributed by atoms with Crippen LogP contribution in [0.15, 0.2) is 77.6 Å². The number of halogens is 1. The Morgan fingerprint density at radius 3 is 2.62 bits per heavy atom. The van der Waals surface area contributed by atoms with E-state index in [4.69, 9.17) is 0 Å². The van der Waals surface area contributed by atoms with Gasteiger partial charge in [-0.25, -0.2) is 8.91 Å². The number of amides is 1. The molecule has 37 heavy (non-hydrogen) atoms. The van der Waals surface area contributed by atoms with Gasteiger partial charge < -0.3 is 10.2 Å². The Balaban J connectivity index is 1.39. The van der Waals surface area contributed by atoms with Crippen LogP contribution in [0.2, 0.25) is 0 Å². The average Bonchev–Trinajstić information content (AvgIpc) is 3.35. The highest BCUT2D eigenvalue weighted by molar-refractivity contribution is 5.91. The number of fused-ring (bicyclic) bond motifs is 3. The zero-order valence-electron chi connectivity index (χ0n) is 20.7. The second-order valence-electron chi connectivity index (χ2n) is 9.05. The molecule has 0 unspecified atom stereocenters. The molecule has 188 valence electrons. The first kappa shape index (κ1) is 24.2. The molecule has 0 saturated heterocycles. The molecule has 2 aromatic heterocycles. The third kappa shape index (κ3) is 5.06. The molecule has 5 aromatic rings. The van der Waals surface area contributed by atoms with Gasteiger partial charge in [-0.3, -0.25) is 14.2 Å². The number of rotatable bonds is 8. The largest absolute Gasteiger partial charge is 0.375 e. The molecule has 0 fully saturated rings. The van der Waals surface area contributed by atoms with Crippen LogP contribution in [0.3, 0.4) is 0 Å². The fourth-order valence-electron chi connectivity index (χ4n) is 4.36. The summed E-state index contributed by atoms with van der Waals surface area (Å²) in [5.41, 5.74) is 3.60. The number of para-hydroxylation sites is 1. The maximum Gasteiger partial charge on any atom is 0.296 e. The van der Waals surface area contributed by atoms with Crippen LogP contribution in [0.5, 0.6) is 0 Å². The maximum atomic E-state index is 13.8. The minimum Gasteiger partial charge on any atom is -0.375 e. The first-order valence-corrected chi connectivity index (χ1v) is 12.1. The lowest BCUT2D eigenvalue weighted by molar-refractivity contribution is 0.0943. The molecule has 0 aliphatic carbocycles. The van der Waals surface area contributed by atoms with E-state index in [1.165, 1.54) is 16.6 Å². The van der Waals surface area contributed by atoms with E-state index in [2.05, 4.69) is 20.3 Å². The lowest BCUT2D eigenvalue weighted by Crippen LogP contribution is -2.29. The summed E-state index contributed by atoms with van der Waals surface area (Å²) < 4.78 is 16.7. The van der Waals surface area contributed by atoms with Crippen LogP contribution in [0.4, 0.5) is 10.1 Å². The predicted octanol–water partition coefficient (Wildman–Crippen LogP) is 3.80. The highest BCUT2D eigenvalue weighted by atomic mass is 19.1. The zero-order valence-corrected chi connectivity index (χ0v) is 20.7. The first-order valence-electron chi connectivity index (χ1n) is 12.1. The summed E-state index contributed by atoms with van der Waals surface area (Å²) in [5, 5.41) is 7.21. The molecule has 0 aliphatic rings. The molecular weight excluding hydrogens is 471 g/mol. The molecule has 1 N–H and O–H groups in total. The van der Waals surface area contributed by atoms with Gasteiger partial charge in [0.25, 0.3) is 11.5 Å². The summed E-state index contributed by atoms with van der Waals surface area (Å²) in [6, 6.07) is 21.8. The van der Waals surface area contributed by atoms with E-state index in [0.717, 1.165) is 24.2 Å². The number of aryl methyl sites for hydroxylation is 1. The van der Waals surface area contributed by atoms with Crippen LogP contribution in [0.25, 0.3) is 16.7 Å². The minimum atomic E-state index is -0.442. The van der Waals surface area contributed by atoms with E-state index >= 15 is 0 Å². The highest BCUT2D eigenvalue weighted by Gasteiger charge is 2.19. The molecule has 5 rings (SSSR count). The van der Waals surface area contributed by atoms with Gasteiger partial charge in [0, 0.05) is 25.8 Å². The van der Waals surface area contributed by atoms with Crippen molar-refractivity contribution in [3.8, 4) is 0 Å². The van der Waals surface area contributed by atoms with E-state index in [1.807, 2.05) is 62.5 Å². The Kier molecular flexibility index (Phi) is 6.68. The summed E-state index contributed by atoms with van der Waals surface area (Å²) in [6.45, 7) is 3.29. The summed E-state index contributed by atoms with van der Waals surface area (Å²) in [7, 11) is 2.00. The highest BCUT2D eigenvalue weighted by Crippen LogP contribution is 2.18. The van der Waals surface area contributed by atoms with Crippen molar-refractivity contribution < 1.29 is 9.18 Å². The van der Waals surface area contributed by atoms with Gasteiger partial charge >= 0.3 is 0 Å². The standard InChI is InChI=1S/C28H27FN6O2/c1-19-12-13-23-24(16-19)34(18-20-8-6-9-21(29)17-20)28(37)26-31-25(32-35(23)26)27(36)30-14-7-15-33(2)22-10-4-3-5-11-22/h3-6,8-13,16-17H,7,14-15,18H2,1-2H3,(H,30,36). The van der Waals surface area contributed by atoms with Crippen LogP contribution in [0.1, 0.15) is 28.2 Å². The quantitative estimate of drug-likeness (QED) is 0.329. The molecule has 8 nitrogen and oxygen atoms in total. The van der Waals surface area contributed by atoms with E-state index in [0.29, 0.717) is 23.1 Å². The number of carbonyl (C=O) groups excluding carboxylic acids is 1. The Hall–Kier alpha value is -4.53. The van der Waals surface area contributed by atoms with Crippen molar-refractivity contribution >= 4 is 28.3 Å². The number of benzene rings is 3. The van der Waals surface area contributed by atoms with Gasteiger partial charge in [0.05, 0.1) is 17.6 Å². The Labute approximate surface area is 213 Å².